The zero-order chi connectivity index (χ0) is 15.6. The number of carbonyl (C=O) groups is 1. The number of primary sulfonamides is 1. The molecule has 0 aliphatic carbocycles. The fraction of sp³-hybridized carbons (Fsp3) is 0.462. The van der Waals surface area contributed by atoms with E-state index in [2.05, 4.69) is 0 Å². The van der Waals surface area contributed by atoms with Gasteiger partial charge < -0.3 is 9.47 Å². The zero-order valence-electron chi connectivity index (χ0n) is 11.5. The Bertz CT molecular complexity index is 653. The van der Waals surface area contributed by atoms with Crippen LogP contribution in [0.15, 0.2) is 17.0 Å². The van der Waals surface area contributed by atoms with E-state index < -0.39 is 26.7 Å². The van der Waals surface area contributed by atoms with Crippen molar-refractivity contribution in [3.05, 3.63) is 29.1 Å². The molecule has 6 nitrogen and oxygen atoms in total. The van der Waals surface area contributed by atoms with Crippen molar-refractivity contribution in [3.8, 4) is 0 Å². The number of aryl methyl sites for hydroxylation is 1. The van der Waals surface area contributed by atoms with Crippen LogP contribution in [0.1, 0.15) is 22.3 Å². The van der Waals surface area contributed by atoms with E-state index in [1.807, 2.05) is 0 Å². The molecule has 0 saturated carbocycles. The van der Waals surface area contributed by atoms with Gasteiger partial charge in [0.1, 0.15) is 10.7 Å². The van der Waals surface area contributed by atoms with Crippen molar-refractivity contribution < 1.29 is 27.1 Å². The number of halogens is 1. The summed E-state index contributed by atoms with van der Waals surface area (Å²) < 4.78 is 46.6. The number of ether oxygens (including phenoxy) is 2. The minimum atomic E-state index is -4.25. The van der Waals surface area contributed by atoms with E-state index in [-0.39, 0.29) is 23.7 Å². The number of hydrogen-bond donors (Lipinski definition) is 1. The topological polar surface area (TPSA) is 95.7 Å². The SMILES string of the molecule is Cc1cc(C(=O)OCC2CCOC2)cc(S(N)(=O)=O)c1F. The van der Waals surface area contributed by atoms with Crippen LogP contribution in [0, 0.1) is 18.7 Å². The summed E-state index contributed by atoms with van der Waals surface area (Å²) in [5.74, 6) is -1.54. The highest BCUT2D eigenvalue weighted by Crippen LogP contribution is 2.20. The van der Waals surface area contributed by atoms with E-state index in [0.29, 0.717) is 13.2 Å². The lowest BCUT2D eigenvalue weighted by atomic mass is 10.1. The molecule has 0 bridgehead atoms. The van der Waals surface area contributed by atoms with Crippen LogP contribution < -0.4 is 5.14 Å². The molecule has 1 aromatic carbocycles. The highest BCUT2D eigenvalue weighted by molar-refractivity contribution is 7.89. The molecule has 1 atom stereocenters. The molecule has 0 spiro atoms. The zero-order valence-corrected chi connectivity index (χ0v) is 12.3. The highest BCUT2D eigenvalue weighted by atomic mass is 32.2. The fourth-order valence-corrected chi connectivity index (χ4v) is 2.76. The van der Waals surface area contributed by atoms with Crippen LogP contribution >= 0.6 is 0 Å². The third kappa shape index (κ3) is 3.78. The van der Waals surface area contributed by atoms with Crippen molar-refractivity contribution in [1.82, 2.24) is 0 Å². The summed E-state index contributed by atoms with van der Waals surface area (Å²) in [7, 11) is -4.25. The van der Waals surface area contributed by atoms with E-state index in [0.717, 1.165) is 12.5 Å². The predicted octanol–water partition coefficient (Wildman–Crippen LogP) is 0.975. The molecule has 1 fully saturated rings. The van der Waals surface area contributed by atoms with Gasteiger partial charge in [0, 0.05) is 12.5 Å². The van der Waals surface area contributed by atoms with Crippen molar-refractivity contribution in [1.29, 1.82) is 0 Å². The largest absolute Gasteiger partial charge is 0.462 e. The smallest absolute Gasteiger partial charge is 0.338 e. The second kappa shape index (κ2) is 6.08. The van der Waals surface area contributed by atoms with Crippen LogP contribution in [0.4, 0.5) is 4.39 Å². The van der Waals surface area contributed by atoms with Gasteiger partial charge >= 0.3 is 5.97 Å². The van der Waals surface area contributed by atoms with Gasteiger partial charge in [0.2, 0.25) is 10.0 Å². The maximum absolute atomic E-state index is 13.7. The van der Waals surface area contributed by atoms with Crippen molar-refractivity contribution >= 4 is 16.0 Å². The average Bonchev–Trinajstić information content (AvgIpc) is 2.90. The van der Waals surface area contributed by atoms with Crippen molar-refractivity contribution in [2.45, 2.75) is 18.2 Å². The number of sulfonamides is 1. The van der Waals surface area contributed by atoms with Crippen LogP contribution in [0.25, 0.3) is 0 Å². The standard InChI is InChI=1S/C13H16FNO5S/c1-8-4-10(5-11(12(8)14)21(15,17)18)13(16)20-7-9-2-3-19-6-9/h4-5,9H,2-3,6-7H2,1H3,(H2,15,17,18). The monoisotopic (exact) mass is 317 g/mol. The second-order valence-electron chi connectivity index (χ2n) is 4.98. The van der Waals surface area contributed by atoms with E-state index in [1.54, 1.807) is 0 Å². The molecular formula is C13H16FNO5S. The Morgan fingerprint density at radius 2 is 2.24 bits per heavy atom. The van der Waals surface area contributed by atoms with Crippen LogP contribution in [-0.2, 0) is 19.5 Å². The van der Waals surface area contributed by atoms with Crippen LogP contribution in [-0.4, -0.2) is 34.2 Å². The number of carbonyl (C=O) groups excluding carboxylic acids is 1. The van der Waals surface area contributed by atoms with Crippen LogP contribution in [0.5, 0.6) is 0 Å². The molecule has 2 rings (SSSR count). The minimum absolute atomic E-state index is 0.0117. The maximum atomic E-state index is 13.7. The summed E-state index contributed by atoms with van der Waals surface area (Å²) in [5.41, 5.74) is -0.0329. The van der Waals surface area contributed by atoms with Crippen molar-refractivity contribution in [2.75, 3.05) is 19.8 Å². The molecule has 0 amide bonds. The van der Waals surface area contributed by atoms with Gasteiger partial charge in [-0.15, -0.1) is 0 Å². The van der Waals surface area contributed by atoms with Crippen molar-refractivity contribution in [2.24, 2.45) is 11.1 Å². The lowest BCUT2D eigenvalue weighted by Gasteiger charge is -2.11. The van der Waals surface area contributed by atoms with Gasteiger partial charge in [-0.2, -0.15) is 0 Å². The number of benzene rings is 1. The number of hydrogen-bond acceptors (Lipinski definition) is 5. The minimum Gasteiger partial charge on any atom is -0.462 e. The van der Waals surface area contributed by atoms with E-state index in [9.17, 15) is 17.6 Å². The van der Waals surface area contributed by atoms with Gasteiger partial charge in [-0.25, -0.2) is 22.7 Å². The van der Waals surface area contributed by atoms with Gasteiger partial charge in [0.15, 0.2) is 0 Å². The van der Waals surface area contributed by atoms with E-state index in [4.69, 9.17) is 14.6 Å². The molecule has 8 heteroatoms. The molecule has 2 N–H and O–H groups in total. The first kappa shape index (κ1) is 15.9. The molecule has 0 radical (unpaired) electrons. The molecule has 1 aliphatic rings. The summed E-state index contributed by atoms with van der Waals surface area (Å²) >= 11 is 0. The quantitative estimate of drug-likeness (QED) is 0.835. The lowest BCUT2D eigenvalue weighted by molar-refractivity contribution is 0.0427. The Balaban J connectivity index is 2.19. The molecule has 116 valence electrons. The van der Waals surface area contributed by atoms with E-state index in [1.165, 1.54) is 13.0 Å². The molecule has 1 saturated heterocycles. The Kier molecular flexibility index (Phi) is 4.60. The van der Waals surface area contributed by atoms with Gasteiger partial charge in [0.25, 0.3) is 0 Å². The van der Waals surface area contributed by atoms with E-state index >= 15 is 0 Å². The number of rotatable bonds is 4. The van der Waals surface area contributed by atoms with Gasteiger partial charge in [0.05, 0.1) is 18.8 Å². The summed E-state index contributed by atoms with van der Waals surface area (Å²) in [5, 5.41) is 4.93. The average molecular weight is 317 g/mol. The van der Waals surface area contributed by atoms with Crippen molar-refractivity contribution in [3.63, 3.8) is 0 Å². The lowest BCUT2D eigenvalue weighted by Crippen LogP contribution is -2.18. The molecule has 1 aliphatic heterocycles. The first-order valence-electron chi connectivity index (χ1n) is 6.37. The summed E-state index contributed by atoms with van der Waals surface area (Å²) in [6.45, 7) is 2.69. The van der Waals surface area contributed by atoms with Gasteiger partial charge in [-0.3, -0.25) is 0 Å². The maximum Gasteiger partial charge on any atom is 0.338 e. The first-order valence-corrected chi connectivity index (χ1v) is 7.91. The predicted molar refractivity (Wildman–Crippen MR) is 71.7 cm³/mol. The Morgan fingerprint density at radius 1 is 1.52 bits per heavy atom. The number of nitrogens with two attached hydrogens (primary N) is 1. The molecule has 1 unspecified atom stereocenters. The molecule has 0 aromatic heterocycles. The third-order valence-electron chi connectivity index (χ3n) is 3.24. The second-order valence-corrected chi connectivity index (χ2v) is 6.51. The molecule has 1 heterocycles. The third-order valence-corrected chi connectivity index (χ3v) is 4.15. The fourth-order valence-electron chi connectivity index (χ4n) is 2.05. The van der Waals surface area contributed by atoms with Gasteiger partial charge in [-0.1, -0.05) is 0 Å². The summed E-state index contributed by atoms with van der Waals surface area (Å²) in [4.78, 5) is 11.2. The van der Waals surface area contributed by atoms with Gasteiger partial charge in [-0.05, 0) is 31.0 Å². The Labute approximate surface area is 122 Å². The highest BCUT2D eigenvalue weighted by Gasteiger charge is 2.22. The summed E-state index contributed by atoms with van der Waals surface area (Å²) in [6, 6.07) is 2.13. The Morgan fingerprint density at radius 3 is 2.81 bits per heavy atom. The molecular weight excluding hydrogens is 301 g/mol. The molecule has 1 aromatic rings. The number of esters is 1. The van der Waals surface area contributed by atoms with Crippen LogP contribution in [0.3, 0.4) is 0 Å². The summed E-state index contributed by atoms with van der Waals surface area (Å²) in [6.07, 6.45) is 0.804. The normalized spacial score (nSPS) is 18.7. The van der Waals surface area contributed by atoms with Crippen LogP contribution in [0.2, 0.25) is 0 Å². The molecule has 21 heavy (non-hydrogen) atoms. The Hall–Kier alpha value is -1.51. The first-order chi connectivity index (χ1) is 9.79.